The number of amides is 1. The quantitative estimate of drug-likeness (QED) is 0.783. The Labute approximate surface area is 150 Å². The molecule has 0 radical (unpaired) electrons. The zero-order valence-corrected chi connectivity index (χ0v) is 14.6. The zero-order chi connectivity index (χ0) is 17.6. The van der Waals surface area contributed by atoms with Crippen LogP contribution in [0.3, 0.4) is 0 Å². The molecule has 1 aliphatic rings. The number of nitrogens with zero attached hydrogens (tertiary/aromatic N) is 1. The van der Waals surface area contributed by atoms with Crippen molar-refractivity contribution in [1.82, 2.24) is 5.16 Å². The molecule has 7 nitrogen and oxygen atoms in total. The van der Waals surface area contributed by atoms with Crippen LogP contribution in [0, 0.1) is 6.92 Å². The Kier molecular flexibility index (Phi) is 5.78. The third-order valence-corrected chi connectivity index (χ3v) is 3.96. The van der Waals surface area contributed by atoms with E-state index < -0.39 is 0 Å². The number of aromatic nitrogens is 1. The van der Waals surface area contributed by atoms with Crippen LogP contribution in [0.2, 0.25) is 5.02 Å². The first kappa shape index (κ1) is 17.6. The highest BCUT2D eigenvalue weighted by Gasteiger charge is 2.17. The molecule has 134 valence electrons. The second kappa shape index (κ2) is 8.22. The molecule has 0 saturated carbocycles. The van der Waals surface area contributed by atoms with Crippen LogP contribution >= 0.6 is 11.6 Å². The van der Waals surface area contributed by atoms with E-state index in [4.69, 9.17) is 25.6 Å². The molecule has 1 atom stereocenters. The van der Waals surface area contributed by atoms with Gasteiger partial charge in [-0.2, -0.15) is 0 Å². The topological polar surface area (TPSA) is 85.6 Å². The van der Waals surface area contributed by atoms with Crippen molar-refractivity contribution in [2.24, 2.45) is 0 Å². The average Bonchev–Trinajstić information content (AvgIpc) is 3.24. The van der Waals surface area contributed by atoms with E-state index in [0.717, 1.165) is 19.4 Å². The Morgan fingerprint density at radius 3 is 3.04 bits per heavy atom. The molecule has 8 heteroatoms. The van der Waals surface area contributed by atoms with Crippen LogP contribution in [0.1, 0.15) is 18.5 Å². The lowest BCUT2D eigenvalue weighted by Crippen LogP contribution is -2.22. The molecular weight excluding hydrogens is 346 g/mol. The fourth-order valence-electron chi connectivity index (χ4n) is 2.50. The maximum absolute atomic E-state index is 12.0. The largest absolute Gasteiger partial charge is 0.489 e. The number of anilines is 2. The molecule has 0 bridgehead atoms. The molecule has 1 aromatic carbocycles. The van der Waals surface area contributed by atoms with Crippen molar-refractivity contribution < 1.29 is 18.8 Å². The highest BCUT2D eigenvalue weighted by Crippen LogP contribution is 2.28. The first-order valence-electron chi connectivity index (χ1n) is 8.11. The lowest BCUT2D eigenvalue weighted by Gasteiger charge is -2.16. The predicted octanol–water partition coefficient (Wildman–Crippen LogP) is 3.24. The molecular formula is C17H20ClN3O4. The Hall–Kier alpha value is -2.25. The van der Waals surface area contributed by atoms with Gasteiger partial charge in [0.25, 0.3) is 0 Å². The van der Waals surface area contributed by atoms with Gasteiger partial charge in [-0.1, -0.05) is 16.8 Å². The van der Waals surface area contributed by atoms with E-state index in [1.165, 1.54) is 0 Å². The van der Waals surface area contributed by atoms with Gasteiger partial charge in [-0.25, -0.2) is 0 Å². The monoisotopic (exact) mass is 365 g/mol. The standard InChI is InChI=1S/C17H20ClN3O4/c1-11-7-17(25-21-11)20-16(22)9-19-14-8-12(18)4-5-15(14)24-10-13-3-2-6-23-13/h4-5,7-8,13,19H,2-3,6,9-10H2,1H3,(H,20,22). The van der Waals surface area contributed by atoms with Gasteiger partial charge in [-0.05, 0) is 38.0 Å². The summed E-state index contributed by atoms with van der Waals surface area (Å²) in [5.74, 6) is 0.676. The Morgan fingerprint density at radius 2 is 2.32 bits per heavy atom. The molecule has 1 aromatic heterocycles. The summed E-state index contributed by atoms with van der Waals surface area (Å²) in [6, 6.07) is 6.89. The number of rotatable bonds is 7. The summed E-state index contributed by atoms with van der Waals surface area (Å²) in [6.45, 7) is 3.07. The maximum atomic E-state index is 12.0. The number of carbonyl (C=O) groups is 1. The predicted molar refractivity (Wildman–Crippen MR) is 94.3 cm³/mol. The van der Waals surface area contributed by atoms with Gasteiger partial charge in [0, 0.05) is 17.7 Å². The van der Waals surface area contributed by atoms with Crippen molar-refractivity contribution in [1.29, 1.82) is 0 Å². The fraction of sp³-hybridized carbons (Fsp3) is 0.412. The molecule has 25 heavy (non-hydrogen) atoms. The average molecular weight is 366 g/mol. The number of hydrogen-bond donors (Lipinski definition) is 2. The smallest absolute Gasteiger partial charge is 0.246 e. The SMILES string of the molecule is Cc1cc(NC(=O)CNc2cc(Cl)ccc2OCC2CCCO2)on1. The van der Waals surface area contributed by atoms with E-state index in [9.17, 15) is 4.79 Å². The number of hydrogen-bond acceptors (Lipinski definition) is 6. The van der Waals surface area contributed by atoms with Gasteiger partial charge in [0.05, 0.1) is 24.0 Å². The minimum Gasteiger partial charge on any atom is -0.489 e. The van der Waals surface area contributed by atoms with E-state index >= 15 is 0 Å². The van der Waals surface area contributed by atoms with Crippen molar-refractivity contribution in [2.75, 3.05) is 30.4 Å². The molecule has 3 rings (SSSR count). The maximum Gasteiger partial charge on any atom is 0.246 e. The third kappa shape index (κ3) is 5.11. The Morgan fingerprint density at radius 1 is 1.44 bits per heavy atom. The molecule has 0 spiro atoms. The van der Waals surface area contributed by atoms with Crippen LogP contribution in [-0.4, -0.2) is 36.9 Å². The number of nitrogens with one attached hydrogen (secondary N) is 2. The van der Waals surface area contributed by atoms with Gasteiger partial charge in [0.1, 0.15) is 12.4 Å². The molecule has 1 unspecified atom stereocenters. The molecule has 0 aliphatic carbocycles. The van der Waals surface area contributed by atoms with Crippen molar-refractivity contribution in [3.63, 3.8) is 0 Å². The highest BCUT2D eigenvalue weighted by molar-refractivity contribution is 6.30. The molecule has 1 saturated heterocycles. The lowest BCUT2D eigenvalue weighted by molar-refractivity contribution is -0.114. The third-order valence-electron chi connectivity index (χ3n) is 3.72. The van der Waals surface area contributed by atoms with Crippen LogP contribution in [-0.2, 0) is 9.53 Å². The minimum absolute atomic E-state index is 0.0381. The number of benzene rings is 1. The normalized spacial score (nSPS) is 16.6. The van der Waals surface area contributed by atoms with Crippen LogP contribution in [0.5, 0.6) is 5.75 Å². The van der Waals surface area contributed by atoms with Crippen molar-refractivity contribution in [2.45, 2.75) is 25.9 Å². The van der Waals surface area contributed by atoms with Gasteiger partial charge in [0.2, 0.25) is 11.8 Å². The molecule has 2 heterocycles. The second-order valence-corrected chi connectivity index (χ2v) is 6.26. The number of ether oxygens (including phenoxy) is 2. The summed E-state index contributed by atoms with van der Waals surface area (Å²) in [6.07, 6.45) is 2.16. The summed E-state index contributed by atoms with van der Waals surface area (Å²) in [5, 5.41) is 9.92. The van der Waals surface area contributed by atoms with Gasteiger partial charge in [-0.15, -0.1) is 0 Å². The first-order valence-corrected chi connectivity index (χ1v) is 8.49. The molecule has 1 aliphatic heterocycles. The van der Waals surface area contributed by atoms with Crippen LogP contribution in [0.4, 0.5) is 11.6 Å². The Balaban J connectivity index is 1.56. The zero-order valence-electron chi connectivity index (χ0n) is 13.9. The summed E-state index contributed by atoms with van der Waals surface area (Å²) >= 11 is 6.05. The van der Waals surface area contributed by atoms with Crippen molar-refractivity contribution in [3.05, 3.63) is 35.0 Å². The van der Waals surface area contributed by atoms with E-state index in [0.29, 0.717) is 34.6 Å². The van der Waals surface area contributed by atoms with Gasteiger partial charge < -0.3 is 19.3 Å². The van der Waals surface area contributed by atoms with Crippen LogP contribution in [0.25, 0.3) is 0 Å². The van der Waals surface area contributed by atoms with E-state index in [-0.39, 0.29) is 18.6 Å². The van der Waals surface area contributed by atoms with Gasteiger partial charge in [-0.3, -0.25) is 10.1 Å². The molecule has 2 N–H and O–H groups in total. The number of aryl methyl sites for hydroxylation is 1. The minimum atomic E-state index is -0.263. The van der Waals surface area contributed by atoms with E-state index in [2.05, 4.69) is 15.8 Å². The number of halogens is 1. The Bertz CT molecular complexity index is 728. The van der Waals surface area contributed by atoms with Crippen LogP contribution in [0.15, 0.2) is 28.8 Å². The fourth-order valence-corrected chi connectivity index (χ4v) is 2.68. The van der Waals surface area contributed by atoms with E-state index in [1.807, 2.05) is 0 Å². The van der Waals surface area contributed by atoms with Gasteiger partial charge >= 0.3 is 0 Å². The highest BCUT2D eigenvalue weighted by atomic mass is 35.5. The molecule has 1 fully saturated rings. The summed E-state index contributed by atoms with van der Waals surface area (Å²) in [5.41, 5.74) is 1.34. The van der Waals surface area contributed by atoms with Crippen molar-refractivity contribution >= 4 is 29.1 Å². The summed E-state index contributed by atoms with van der Waals surface area (Å²) < 4.78 is 16.3. The van der Waals surface area contributed by atoms with Gasteiger partial charge in [0.15, 0.2) is 0 Å². The van der Waals surface area contributed by atoms with Crippen molar-refractivity contribution in [3.8, 4) is 5.75 Å². The lowest BCUT2D eigenvalue weighted by atomic mass is 10.2. The molecule has 1 amide bonds. The summed E-state index contributed by atoms with van der Waals surface area (Å²) in [4.78, 5) is 12.0. The van der Waals surface area contributed by atoms with Crippen LogP contribution < -0.4 is 15.4 Å². The summed E-state index contributed by atoms with van der Waals surface area (Å²) in [7, 11) is 0. The van der Waals surface area contributed by atoms with E-state index in [1.54, 1.807) is 31.2 Å². The molecule has 2 aromatic rings. The second-order valence-electron chi connectivity index (χ2n) is 5.82. The number of carbonyl (C=O) groups excluding carboxylic acids is 1. The first-order chi connectivity index (χ1) is 12.1.